The number of benzene rings is 1. The molecule has 0 aliphatic rings. The van der Waals surface area contributed by atoms with Gasteiger partial charge in [0, 0.05) is 11.6 Å². The van der Waals surface area contributed by atoms with Gasteiger partial charge in [-0.1, -0.05) is 18.5 Å². The summed E-state index contributed by atoms with van der Waals surface area (Å²) in [5.41, 5.74) is -0.343. The van der Waals surface area contributed by atoms with Gasteiger partial charge in [0.15, 0.2) is 0 Å². The van der Waals surface area contributed by atoms with Crippen molar-refractivity contribution in [2.24, 2.45) is 0 Å². The minimum Gasteiger partial charge on any atom is -0.480 e. The Morgan fingerprint density at radius 3 is 2.50 bits per heavy atom. The van der Waals surface area contributed by atoms with Gasteiger partial charge in [0.05, 0.1) is 0 Å². The van der Waals surface area contributed by atoms with Gasteiger partial charge in [-0.05, 0) is 44.2 Å². The van der Waals surface area contributed by atoms with Gasteiger partial charge in [-0.2, -0.15) is 0 Å². The fourth-order valence-electron chi connectivity index (χ4n) is 1.76. The molecule has 0 amide bonds. The number of rotatable bonds is 5. The maximum atomic E-state index is 13.2. The molecule has 0 aromatic heterocycles. The van der Waals surface area contributed by atoms with Crippen LogP contribution < -0.4 is 0 Å². The van der Waals surface area contributed by atoms with Gasteiger partial charge in [0.25, 0.3) is 0 Å². The Hall–Kier alpha value is -1.13. The number of carbonyl (C=O) groups is 1. The Balaban J connectivity index is 2.96. The first-order valence-corrected chi connectivity index (χ1v) is 6.08. The summed E-state index contributed by atoms with van der Waals surface area (Å²) in [5.74, 6) is -1.33. The summed E-state index contributed by atoms with van der Waals surface area (Å²) in [4.78, 5) is 13.0. The molecule has 0 unspecified atom stereocenters. The lowest BCUT2D eigenvalue weighted by molar-refractivity contribution is -0.149. The van der Waals surface area contributed by atoms with E-state index in [2.05, 4.69) is 0 Å². The molecule has 18 heavy (non-hydrogen) atoms. The number of nitrogens with zero attached hydrogens (tertiary/aromatic N) is 1. The third kappa shape index (κ3) is 3.43. The van der Waals surface area contributed by atoms with E-state index in [4.69, 9.17) is 11.6 Å². The Morgan fingerprint density at radius 1 is 1.44 bits per heavy atom. The molecule has 0 aliphatic heterocycles. The second kappa shape index (κ2) is 5.67. The van der Waals surface area contributed by atoms with Crippen LogP contribution in [0, 0.1) is 5.82 Å². The molecule has 0 aliphatic carbocycles. The van der Waals surface area contributed by atoms with E-state index in [9.17, 15) is 14.3 Å². The fourth-order valence-corrected chi connectivity index (χ4v) is 2.01. The molecule has 3 nitrogen and oxygen atoms in total. The first-order valence-electron chi connectivity index (χ1n) is 5.70. The van der Waals surface area contributed by atoms with Gasteiger partial charge < -0.3 is 5.11 Å². The van der Waals surface area contributed by atoms with Gasteiger partial charge in [-0.25, -0.2) is 4.39 Å². The number of halogens is 2. The van der Waals surface area contributed by atoms with Crippen LogP contribution in [-0.4, -0.2) is 28.1 Å². The predicted octanol–water partition coefficient (Wildman–Crippen LogP) is 3.16. The van der Waals surface area contributed by atoms with Gasteiger partial charge in [0.1, 0.15) is 11.4 Å². The van der Waals surface area contributed by atoms with Crippen molar-refractivity contribution < 1.29 is 14.3 Å². The van der Waals surface area contributed by atoms with Crippen LogP contribution in [0.4, 0.5) is 4.39 Å². The summed E-state index contributed by atoms with van der Waals surface area (Å²) in [7, 11) is 0. The molecule has 0 saturated carbocycles. The summed E-state index contributed by atoms with van der Waals surface area (Å²) >= 11 is 5.78. The van der Waals surface area contributed by atoms with E-state index in [1.54, 1.807) is 24.8 Å². The molecule has 0 spiro atoms. The number of likely N-dealkylation sites (N-methyl/N-ethyl adjacent to an activating group) is 1. The van der Waals surface area contributed by atoms with Crippen molar-refractivity contribution >= 4 is 17.6 Å². The minimum absolute atomic E-state index is 0.314. The van der Waals surface area contributed by atoms with E-state index in [1.807, 2.05) is 6.92 Å². The molecule has 1 aromatic carbocycles. The normalized spacial score (nSPS) is 11.9. The molecule has 5 heteroatoms. The standard InChI is InChI=1S/C13H17ClFNO2/c1-4-16(13(2,3)12(17)18)8-9-5-10(14)7-11(15)6-9/h5-7H,4,8H2,1-3H3,(H,17,18). The van der Waals surface area contributed by atoms with Crippen molar-refractivity contribution in [3.05, 3.63) is 34.6 Å². The van der Waals surface area contributed by atoms with Gasteiger partial charge >= 0.3 is 5.97 Å². The number of aliphatic carboxylic acids is 1. The van der Waals surface area contributed by atoms with Crippen LogP contribution >= 0.6 is 11.6 Å². The zero-order valence-corrected chi connectivity index (χ0v) is 11.5. The lowest BCUT2D eigenvalue weighted by Crippen LogP contribution is -2.49. The number of carboxylic acids is 1. The van der Waals surface area contributed by atoms with Crippen LogP contribution in [0.25, 0.3) is 0 Å². The van der Waals surface area contributed by atoms with Gasteiger partial charge in [-0.3, -0.25) is 9.69 Å². The lowest BCUT2D eigenvalue weighted by Gasteiger charge is -2.34. The van der Waals surface area contributed by atoms with Crippen molar-refractivity contribution in [2.45, 2.75) is 32.9 Å². The number of hydrogen-bond acceptors (Lipinski definition) is 2. The van der Waals surface area contributed by atoms with E-state index < -0.39 is 17.3 Å². The molecular weight excluding hydrogens is 257 g/mol. The highest BCUT2D eigenvalue weighted by Crippen LogP contribution is 2.21. The molecule has 100 valence electrons. The van der Waals surface area contributed by atoms with E-state index >= 15 is 0 Å². The SMILES string of the molecule is CCN(Cc1cc(F)cc(Cl)c1)C(C)(C)C(=O)O. The van der Waals surface area contributed by atoms with E-state index in [1.165, 1.54) is 12.1 Å². The fraction of sp³-hybridized carbons (Fsp3) is 0.462. The Labute approximate surface area is 111 Å². The Kier molecular flexibility index (Phi) is 4.71. The van der Waals surface area contributed by atoms with E-state index in [0.29, 0.717) is 23.7 Å². The number of hydrogen-bond donors (Lipinski definition) is 1. The average molecular weight is 274 g/mol. The van der Waals surface area contributed by atoms with Crippen molar-refractivity contribution in [1.29, 1.82) is 0 Å². The molecule has 0 bridgehead atoms. The minimum atomic E-state index is -1.01. The molecule has 1 rings (SSSR count). The topological polar surface area (TPSA) is 40.5 Å². The molecule has 0 fully saturated rings. The summed E-state index contributed by atoms with van der Waals surface area (Å²) in [6.07, 6.45) is 0. The van der Waals surface area contributed by atoms with Gasteiger partial charge in [0.2, 0.25) is 0 Å². The first kappa shape index (κ1) is 14.9. The first-order chi connectivity index (χ1) is 8.27. The summed E-state index contributed by atoms with van der Waals surface area (Å²) in [6.45, 7) is 6.01. The summed E-state index contributed by atoms with van der Waals surface area (Å²) in [5, 5.41) is 9.50. The summed E-state index contributed by atoms with van der Waals surface area (Å²) in [6, 6.07) is 4.24. The van der Waals surface area contributed by atoms with E-state index in [-0.39, 0.29) is 0 Å². The third-order valence-corrected chi connectivity index (χ3v) is 3.21. The molecule has 0 heterocycles. The molecule has 0 radical (unpaired) electrons. The van der Waals surface area contributed by atoms with Crippen LogP contribution in [0.2, 0.25) is 5.02 Å². The largest absolute Gasteiger partial charge is 0.480 e. The highest BCUT2D eigenvalue weighted by Gasteiger charge is 2.33. The molecule has 1 aromatic rings. The van der Waals surface area contributed by atoms with Crippen LogP contribution in [0.3, 0.4) is 0 Å². The Morgan fingerprint density at radius 2 is 2.06 bits per heavy atom. The number of carboxylic acid groups (broad SMARTS) is 1. The quantitative estimate of drug-likeness (QED) is 0.896. The Bertz CT molecular complexity index is 428. The third-order valence-electron chi connectivity index (χ3n) is 2.99. The molecular formula is C13H17ClFNO2. The predicted molar refractivity (Wildman–Crippen MR) is 69.2 cm³/mol. The van der Waals surface area contributed by atoms with Crippen LogP contribution in [-0.2, 0) is 11.3 Å². The van der Waals surface area contributed by atoms with Crippen LogP contribution in [0.15, 0.2) is 18.2 Å². The highest BCUT2D eigenvalue weighted by atomic mass is 35.5. The molecule has 0 saturated heterocycles. The zero-order valence-electron chi connectivity index (χ0n) is 10.7. The average Bonchev–Trinajstić information content (AvgIpc) is 2.24. The van der Waals surface area contributed by atoms with Crippen molar-refractivity contribution in [3.63, 3.8) is 0 Å². The van der Waals surface area contributed by atoms with Crippen LogP contribution in [0.1, 0.15) is 26.3 Å². The monoisotopic (exact) mass is 273 g/mol. The lowest BCUT2D eigenvalue weighted by atomic mass is 10.0. The van der Waals surface area contributed by atoms with Crippen molar-refractivity contribution in [1.82, 2.24) is 4.90 Å². The zero-order chi connectivity index (χ0) is 13.9. The maximum absolute atomic E-state index is 13.2. The maximum Gasteiger partial charge on any atom is 0.323 e. The van der Waals surface area contributed by atoms with Crippen molar-refractivity contribution in [3.8, 4) is 0 Å². The second-order valence-electron chi connectivity index (χ2n) is 4.66. The smallest absolute Gasteiger partial charge is 0.323 e. The van der Waals surface area contributed by atoms with Crippen molar-refractivity contribution in [2.75, 3.05) is 6.54 Å². The summed E-state index contributed by atoms with van der Waals surface area (Å²) < 4.78 is 13.2. The molecule has 1 N–H and O–H groups in total. The second-order valence-corrected chi connectivity index (χ2v) is 5.09. The van der Waals surface area contributed by atoms with E-state index in [0.717, 1.165) is 0 Å². The van der Waals surface area contributed by atoms with Gasteiger partial charge in [-0.15, -0.1) is 0 Å². The van der Waals surface area contributed by atoms with Crippen LogP contribution in [0.5, 0.6) is 0 Å². The molecule has 0 atom stereocenters. The highest BCUT2D eigenvalue weighted by molar-refractivity contribution is 6.30.